The van der Waals surface area contributed by atoms with Crippen LogP contribution in [-0.4, -0.2) is 31.9 Å². The third-order valence-electron chi connectivity index (χ3n) is 3.35. The molecule has 120 valence electrons. The van der Waals surface area contributed by atoms with Gasteiger partial charge in [0.25, 0.3) is 0 Å². The van der Waals surface area contributed by atoms with E-state index >= 15 is 0 Å². The van der Waals surface area contributed by atoms with E-state index in [2.05, 4.69) is 17.2 Å². The van der Waals surface area contributed by atoms with Crippen LogP contribution in [0.15, 0.2) is 18.3 Å². The summed E-state index contributed by atoms with van der Waals surface area (Å²) in [6, 6.07) is 4.01. The minimum atomic E-state index is 0.722. The first-order valence-corrected chi connectivity index (χ1v) is 8.14. The van der Waals surface area contributed by atoms with Crippen LogP contribution in [-0.2, 0) is 11.3 Å². The number of rotatable bonds is 13. The predicted molar refractivity (Wildman–Crippen MR) is 86.7 cm³/mol. The number of aromatic nitrogens is 1. The quantitative estimate of drug-likeness (QED) is 0.565. The Hall–Kier alpha value is -1.13. The van der Waals surface area contributed by atoms with Crippen molar-refractivity contribution in [2.45, 2.75) is 52.0 Å². The van der Waals surface area contributed by atoms with Crippen LogP contribution in [0.3, 0.4) is 0 Å². The topological polar surface area (TPSA) is 43.4 Å². The minimum absolute atomic E-state index is 0.722. The summed E-state index contributed by atoms with van der Waals surface area (Å²) >= 11 is 0. The lowest BCUT2D eigenvalue weighted by molar-refractivity contribution is 0.199. The van der Waals surface area contributed by atoms with Gasteiger partial charge in [0.2, 0.25) is 0 Å². The molecular formula is C17H30N2O2. The molecule has 21 heavy (non-hydrogen) atoms. The second-order valence-corrected chi connectivity index (χ2v) is 5.27. The van der Waals surface area contributed by atoms with Crippen molar-refractivity contribution in [2.75, 3.05) is 26.9 Å². The first kappa shape index (κ1) is 17.9. The normalized spacial score (nSPS) is 10.8. The fourth-order valence-electron chi connectivity index (χ4n) is 2.06. The Morgan fingerprint density at radius 1 is 1.05 bits per heavy atom. The highest BCUT2D eigenvalue weighted by Crippen LogP contribution is 2.11. The van der Waals surface area contributed by atoms with Crippen molar-refractivity contribution in [3.63, 3.8) is 0 Å². The summed E-state index contributed by atoms with van der Waals surface area (Å²) in [6.07, 6.45) is 9.52. The molecule has 0 spiro atoms. The van der Waals surface area contributed by atoms with E-state index in [-0.39, 0.29) is 0 Å². The van der Waals surface area contributed by atoms with E-state index < -0.39 is 0 Å². The van der Waals surface area contributed by atoms with Gasteiger partial charge < -0.3 is 14.8 Å². The summed E-state index contributed by atoms with van der Waals surface area (Å²) in [4.78, 5) is 4.39. The fourth-order valence-corrected chi connectivity index (χ4v) is 2.06. The van der Waals surface area contributed by atoms with Gasteiger partial charge in [0.1, 0.15) is 5.75 Å². The molecule has 0 bridgehead atoms. The largest absolute Gasteiger partial charge is 0.492 e. The highest BCUT2D eigenvalue weighted by atomic mass is 16.5. The average Bonchev–Trinajstić information content (AvgIpc) is 2.52. The Morgan fingerprint density at radius 2 is 1.86 bits per heavy atom. The second-order valence-electron chi connectivity index (χ2n) is 5.27. The van der Waals surface area contributed by atoms with Gasteiger partial charge in [-0.05, 0) is 18.6 Å². The molecule has 0 aliphatic heterocycles. The first-order chi connectivity index (χ1) is 10.4. The molecule has 4 nitrogen and oxygen atoms in total. The maximum atomic E-state index is 5.71. The average molecular weight is 294 g/mol. The Kier molecular flexibility index (Phi) is 10.8. The van der Waals surface area contributed by atoms with Crippen LogP contribution in [0.5, 0.6) is 5.75 Å². The minimum Gasteiger partial charge on any atom is -0.492 e. The second kappa shape index (κ2) is 12.6. The summed E-state index contributed by atoms with van der Waals surface area (Å²) in [5.74, 6) is 0.865. The highest BCUT2D eigenvalue weighted by molar-refractivity contribution is 5.19. The third kappa shape index (κ3) is 9.43. The van der Waals surface area contributed by atoms with E-state index in [0.29, 0.717) is 0 Å². The highest BCUT2D eigenvalue weighted by Gasteiger charge is 1.97. The third-order valence-corrected chi connectivity index (χ3v) is 3.35. The maximum Gasteiger partial charge on any atom is 0.137 e. The van der Waals surface area contributed by atoms with Gasteiger partial charge in [-0.3, -0.25) is 4.98 Å². The molecule has 0 aliphatic carbocycles. The van der Waals surface area contributed by atoms with Gasteiger partial charge in [0.15, 0.2) is 0 Å². The lowest BCUT2D eigenvalue weighted by Gasteiger charge is -2.07. The number of ether oxygens (including phenoxy) is 2. The van der Waals surface area contributed by atoms with Crippen LogP contribution < -0.4 is 10.1 Å². The van der Waals surface area contributed by atoms with Crippen LogP contribution in [0.4, 0.5) is 0 Å². The van der Waals surface area contributed by atoms with E-state index in [9.17, 15) is 0 Å². The number of hydrogen-bond donors (Lipinski definition) is 1. The van der Waals surface area contributed by atoms with Gasteiger partial charge in [-0.15, -0.1) is 0 Å². The van der Waals surface area contributed by atoms with Crippen molar-refractivity contribution >= 4 is 0 Å². The molecule has 1 aromatic heterocycles. The van der Waals surface area contributed by atoms with Crippen LogP contribution in [0, 0.1) is 0 Å². The molecule has 1 heterocycles. The van der Waals surface area contributed by atoms with Crippen molar-refractivity contribution in [2.24, 2.45) is 0 Å². The first-order valence-electron chi connectivity index (χ1n) is 8.14. The molecule has 0 amide bonds. The van der Waals surface area contributed by atoms with Crippen molar-refractivity contribution in [3.05, 3.63) is 24.0 Å². The van der Waals surface area contributed by atoms with Crippen LogP contribution >= 0.6 is 0 Å². The van der Waals surface area contributed by atoms with Gasteiger partial charge in [-0.2, -0.15) is 0 Å². The Labute approximate surface area is 129 Å². The molecule has 1 N–H and O–H groups in total. The number of unbranched alkanes of at least 4 members (excludes halogenated alkanes) is 5. The van der Waals surface area contributed by atoms with Gasteiger partial charge in [0, 0.05) is 20.2 Å². The van der Waals surface area contributed by atoms with Gasteiger partial charge in [-0.25, -0.2) is 0 Å². The summed E-state index contributed by atoms with van der Waals surface area (Å²) in [7, 11) is 1.70. The summed E-state index contributed by atoms with van der Waals surface area (Å²) < 4.78 is 10.7. The Bertz CT molecular complexity index is 341. The molecular weight excluding hydrogens is 264 g/mol. The fraction of sp³-hybridized carbons (Fsp3) is 0.706. The van der Waals surface area contributed by atoms with Gasteiger partial charge >= 0.3 is 0 Å². The zero-order chi connectivity index (χ0) is 15.2. The zero-order valence-corrected chi connectivity index (χ0v) is 13.6. The lowest BCUT2D eigenvalue weighted by Crippen LogP contribution is -2.19. The van der Waals surface area contributed by atoms with Gasteiger partial charge in [0.05, 0.1) is 25.1 Å². The van der Waals surface area contributed by atoms with Gasteiger partial charge in [-0.1, -0.05) is 39.0 Å². The molecule has 1 rings (SSSR count). The number of pyridine rings is 1. The summed E-state index contributed by atoms with van der Waals surface area (Å²) in [5.41, 5.74) is 1.03. The molecule has 0 radical (unpaired) electrons. The van der Waals surface area contributed by atoms with Crippen LogP contribution in [0.25, 0.3) is 0 Å². The SMILES string of the molecule is CCCCCCCCOc1ccc(CNCCOC)nc1. The van der Waals surface area contributed by atoms with E-state index in [1.54, 1.807) is 7.11 Å². The lowest BCUT2D eigenvalue weighted by atomic mass is 10.1. The zero-order valence-electron chi connectivity index (χ0n) is 13.6. The number of hydrogen-bond acceptors (Lipinski definition) is 4. The van der Waals surface area contributed by atoms with E-state index in [0.717, 1.165) is 44.2 Å². The Morgan fingerprint density at radius 3 is 2.57 bits per heavy atom. The number of nitrogens with one attached hydrogen (secondary N) is 1. The van der Waals surface area contributed by atoms with E-state index in [1.165, 1.54) is 32.1 Å². The smallest absolute Gasteiger partial charge is 0.137 e. The van der Waals surface area contributed by atoms with E-state index in [1.807, 2.05) is 18.3 Å². The standard InChI is InChI=1S/C17H30N2O2/c1-3-4-5-6-7-8-12-21-17-10-9-16(19-15-17)14-18-11-13-20-2/h9-10,15,18H,3-8,11-14H2,1-2H3. The monoisotopic (exact) mass is 294 g/mol. The molecule has 0 saturated heterocycles. The van der Waals surface area contributed by atoms with Crippen molar-refractivity contribution in [1.29, 1.82) is 0 Å². The molecule has 0 unspecified atom stereocenters. The maximum absolute atomic E-state index is 5.71. The summed E-state index contributed by atoms with van der Waals surface area (Å²) in [5, 5.41) is 3.27. The molecule has 4 heteroatoms. The molecule has 1 aromatic rings. The van der Waals surface area contributed by atoms with Crippen LogP contribution in [0.1, 0.15) is 51.1 Å². The van der Waals surface area contributed by atoms with E-state index in [4.69, 9.17) is 9.47 Å². The molecule has 0 fully saturated rings. The number of nitrogens with zero attached hydrogens (tertiary/aromatic N) is 1. The van der Waals surface area contributed by atoms with Crippen LogP contribution in [0.2, 0.25) is 0 Å². The molecule has 0 aliphatic rings. The van der Waals surface area contributed by atoms with Crippen molar-refractivity contribution < 1.29 is 9.47 Å². The number of methoxy groups -OCH3 is 1. The molecule has 0 saturated carbocycles. The Balaban J connectivity index is 2.07. The predicted octanol–water partition coefficient (Wildman–Crippen LogP) is 3.56. The van der Waals surface area contributed by atoms with Crippen molar-refractivity contribution in [1.82, 2.24) is 10.3 Å². The van der Waals surface area contributed by atoms with Crippen molar-refractivity contribution in [3.8, 4) is 5.75 Å². The summed E-state index contributed by atoms with van der Waals surface area (Å²) in [6.45, 7) is 5.36. The molecule has 0 atom stereocenters. The molecule has 0 aromatic carbocycles.